The van der Waals surface area contributed by atoms with Crippen LogP contribution in [0.3, 0.4) is 0 Å². The average molecular weight is 454 g/mol. The molecule has 4 rings (SSSR count). The van der Waals surface area contributed by atoms with Gasteiger partial charge in [0.15, 0.2) is 0 Å². The molecule has 1 aliphatic rings. The van der Waals surface area contributed by atoms with Gasteiger partial charge in [-0.2, -0.15) is 0 Å². The molecule has 0 aliphatic heterocycles. The van der Waals surface area contributed by atoms with E-state index in [9.17, 15) is 14.7 Å². The molecular weight excluding hydrogens is 430 g/mol. The molecule has 4 nitrogen and oxygen atoms in total. The van der Waals surface area contributed by atoms with Crippen LogP contribution in [0.25, 0.3) is 21.7 Å². The molecule has 0 amide bonds. The van der Waals surface area contributed by atoms with Crippen molar-refractivity contribution in [3.63, 3.8) is 0 Å². The number of fused-ring (bicyclic) bond motifs is 1. The molecule has 0 radical (unpaired) electrons. The Morgan fingerprint density at radius 3 is 2.71 bits per heavy atom. The first-order valence-electron chi connectivity index (χ1n) is 10.3. The van der Waals surface area contributed by atoms with E-state index in [0.717, 1.165) is 29.0 Å². The number of aromatic nitrogens is 1. The summed E-state index contributed by atoms with van der Waals surface area (Å²) in [6.45, 7) is 3.13. The Morgan fingerprint density at radius 1 is 1.13 bits per heavy atom. The zero-order valence-corrected chi connectivity index (χ0v) is 19.1. The molecule has 0 unspecified atom stereocenters. The van der Waals surface area contributed by atoms with Gasteiger partial charge in [0.05, 0.1) is 11.1 Å². The Bertz CT molecular complexity index is 1170. The Morgan fingerprint density at radius 2 is 1.94 bits per heavy atom. The summed E-state index contributed by atoms with van der Waals surface area (Å²) >= 11 is 7.85. The second kappa shape index (κ2) is 8.56. The van der Waals surface area contributed by atoms with Gasteiger partial charge in [-0.1, -0.05) is 29.8 Å². The van der Waals surface area contributed by atoms with E-state index in [0.29, 0.717) is 10.7 Å². The van der Waals surface area contributed by atoms with Gasteiger partial charge in [-0.05, 0) is 73.6 Å². The van der Waals surface area contributed by atoms with Gasteiger partial charge in [0, 0.05) is 28.8 Å². The number of thiazole rings is 1. The molecule has 31 heavy (non-hydrogen) atoms. The Kier molecular flexibility index (Phi) is 6.00. The van der Waals surface area contributed by atoms with Gasteiger partial charge in [-0.3, -0.25) is 9.59 Å². The van der Waals surface area contributed by atoms with E-state index in [1.807, 2.05) is 23.6 Å². The molecule has 2 aromatic carbocycles. The Balaban J connectivity index is 1.64. The van der Waals surface area contributed by atoms with Gasteiger partial charge in [0.25, 0.3) is 0 Å². The van der Waals surface area contributed by atoms with E-state index >= 15 is 0 Å². The predicted octanol–water partition coefficient (Wildman–Crippen LogP) is 6.23. The van der Waals surface area contributed by atoms with Crippen LogP contribution in [0.5, 0.6) is 0 Å². The minimum absolute atomic E-state index is 0.0163. The standard InChI is InChI=1S/C25H24ClNO3S/c1-25(2,24(29)30)13-18(28)12-17-14-31-23(27-17)21-10-9-16(26)11-22(21)20-8-4-6-15-5-3-7-19(15)20/h4,6,8-11,14H,3,5,7,12-13H2,1-2H3,(H,29,30). The normalized spacial score (nSPS) is 13.3. The molecule has 160 valence electrons. The first-order chi connectivity index (χ1) is 14.7. The molecule has 1 heterocycles. The lowest BCUT2D eigenvalue weighted by Crippen LogP contribution is -2.27. The van der Waals surface area contributed by atoms with Crippen molar-refractivity contribution >= 4 is 34.7 Å². The lowest BCUT2D eigenvalue weighted by molar-refractivity contribution is -0.149. The number of carboxylic acids is 1. The van der Waals surface area contributed by atoms with Crippen molar-refractivity contribution in [2.45, 2.75) is 46.0 Å². The van der Waals surface area contributed by atoms with Gasteiger partial charge in [-0.25, -0.2) is 4.98 Å². The first-order valence-corrected chi connectivity index (χ1v) is 11.6. The van der Waals surface area contributed by atoms with E-state index in [1.54, 1.807) is 13.8 Å². The van der Waals surface area contributed by atoms with Gasteiger partial charge < -0.3 is 5.11 Å². The number of carbonyl (C=O) groups excluding carboxylic acids is 1. The fraction of sp³-hybridized carbons (Fsp3) is 0.320. The van der Waals surface area contributed by atoms with Gasteiger partial charge in [-0.15, -0.1) is 11.3 Å². The number of hydrogen-bond donors (Lipinski definition) is 1. The minimum atomic E-state index is -1.08. The molecule has 3 aromatic rings. The fourth-order valence-electron chi connectivity index (χ4n) is 4.14. The highest BCUT2D eigenvalue weighted by Crippen LogP contribution is 2.40. The van der Waals surface area contributed by atoms with Crippen molar-refractivity contribution in [1.29, 1.82) is 0 Å². The summed E-state index contributed by atoms with van der Waals surface area (Å²) in [6.07, 6.45) is 3.45. The van der Waals surface area contributed by atoms with E-state index < -0.39 is 11.4 Å². The quantitative estimate of drug-likeness (QED) is 0.460. The molecule has 0 spiro atoms. The SMILES string of the molecule is CC(C)(CC(=O)Cc1csc(-c2ccc(Cl)cc2-c2cccc3c2CCC3)n1)C(=O)O. The lowest BCUT2D eigenvalue weighted by atomic mass is 9.86. The molecule has 0 saturated heterocycles. The maximum absolute atomic E-state index is 12.4. The fourth-order valence-corrected chi connectivity index (χ4v) is 5.17. The predicted molar refractivity (Wildman–Crippen MR) is 125 cm³/mol. The summed E-state index contributed by atoms with van der Waals surface area (Å²) in [7, 11) is 0. The molecule has 0 saturated carbocycles. The summed E-state index contributed by atoms with van der Waals surface area (Å²) in [5, 5.41) is 12.7. The molecule has 1 N–H and O–H groups in total. The Labute approximate surface area is 190 Å². The van der Waals surface area contributed by atoms with Crippen molar-refractivity contribution in [2.24, 2.45) is 5.41 Å². The summed E-state index contributed by atoms with van der Waals surface area (Å²) in [6, 6.07) is 12.3. The highest BCUT2D eigenvalue weighted by atomic mass is 35.5. The number of carboxylic acid groups (broad SMARTS) is 1. The van der Waals surface area contributed by atoms with Crippen molar-refractivity contribution in [3.05, 3.63) is 63.6 Å². The van der Waals surface area contributed by atoms with Crippen molar-refractivity contribution in [1.82, 2.24) is 4.98 Å². The number of aryl methyl sites for hydroxylation is 1. The van der Waals surface area contributed by atoms with Crippen LogP contribution >= 0.6 is 22.9 Å². The number of aliphatic carboxylic acids is 1. The molecule has 1 aromatic heterocycles. The van der Waals surface area contributed by atoms with Crippen LogP contribution in [0, 0.1) is 5.41 Å². The second-order valence-corrected chi connectivity index (χ2v) is 10.0. The molecular formula is C25H24ClNO3S. The second-order valence-electron chi connectivity index (χ2n) is 8.71. The third-order valence-electron chi connectivity index (χ3n) is 5.80. The third kappa shape index (κ3) is 4.58. The number of halogens is 1. The van der Waals surface area contributed by atoms with E-state index in [-0.39, 0.29) is 18.6 Å². The number of hydrogen-bond acceptors (Lipinski definition) is 4. The van der Waals surface area contributed by atoms with Gasteiger partial charge in [0.2, 0.25) is 0 Å². The van der Waals surface area contributed by atoms with Crippen LogP contribution in [0.15, 0.2) is 41.8 Å². The summed E-state index contributed by atoms with van der Waals surface area (Å²) < 4.78 is 0. The smallest absolute Gasteiger partial charge is 0.309 e. The van der Waals surface area contributed by atoms with E-state index in [1.165, 1.54) is 34.4 Å². The number of carbonyl (C=O) groups is 2. The van der Waals surface area contributed by atoms with Crippen molar-refractivity contribution in [3.8, 4) is 21.7 Å². The Hall–Kier alpha value is -2.50. The van der Waals surface area contributed by atoms with Crippen molar-refractivity contribution < 1.29 is 14.7 Å². The van der Waals surface area contributed by atoms with Crippen LogP contribution < -0.4 is 0 Å². The summed E-state index contributed by atoms with van der Waals surface area (Å²) in [4.78, 5) is 28.4. The number of nitrogens with zero attached hydrogens (tertiary/aromatic N) is 1. The number of ketones is 1. The van der Waals surface area contributed by atoms with Crippen LogP contribution in [-0.4, -0.2) is 21.8 Å². The summed E-state index contributed by atoms with van der Waals surface area (Å²) in [5.74, 6) is -1.09. The first kappa shape index (κ1) is 21.7. The number of benzene rings is 2. The molecule has 0 bridgehead atoms. The maximum atomic E-state index is 12.4. The van der Waals surface area contributed by atoms with E-state index in [4.69, 9.17) is 16.6 Å². The highest BCUT2D eigenvalue weighted by Gasteiger charge is 2.30. The lowest BCUT2D eigenvalue weighted by Gasteiger charge is -2.17. The number of rotatable bonds is 7. The monoisotopic (exact) mass is 453 g/mol. The minimum Gasteiger partial charge on any atom is -0.481 e. The molecule has 0 atom stereocenters. The van der Waals surface area contributed by atoms with Crippen molar-refractivity contribution in [2.75, 3.05) is 0 Å². The third-order valence-corrected chi connectivity index (χ3v) is 6.96. The van der Waals surface area contributed by atoms with E-state index in [2.05, 4.69) is 18.2 Å². The zero-order valence-electron chi connectivity index (χ0n) is 17.6. The molecule has 1 aliphatic carbocycles. The number of Topliss-reactive ketones (excluding diaryl/α,β-unsaturated/α-hetero) is 1. The van der Waals surface area contributed by atoms with Crippen LogP contribution in [-0.2, 0) is 28.9 Å². The van der Waals surface area contributed by atoms with Gasteiger partial charge in [0.1, 0.15) is 10.8 Å². The largest absolute Gasteiger partial charge is 0.481 e. The van der Waals surface area contributed by atoms with Crippen LogP contribution in [0.1, 0.15) is 43.5 Å². The highest BCUT2D eigenvalue weighted by molar-refractivity contribution is 7.13. The maximum Gasteiger partial charge on any atom is 0.309 e. The molecule has 0 fully saturated rings. The topological polar surface area (TPSA) is 67.3 Å². The molecule has 6 heteroatoms. The van der Waals surface area contributed by atoms with Crippen LogP contribution in [0.2, 0.25) is 5.02 Å². The van der Waals surface area contributed by atoms with Crippen LogP contribution in [0.4, 0.5) is 0 Å². The average Bonchev–Trinajstić information content (AvgIpc) is 3.36. The van der Waals surface area contributed by atoms with Gasteiger partial charge >= 0.3 is 5.97 Å². The zero-order chi connectivity index (χ0) is 22.2. The summed E-state index contributed by atoms with van der Waals surface area (Å²) in [5.41, 5.74) is 5.63.